The smallest absolute Gasteiger partial charge is 0.0255 e. The standard InChI is InChI=1S/C16H33N3/c1-5-8-17-15-7-6-13(2)11-16(15)19-10-9-18(4)12-14(19)3/h13-17H,5-12H2,1-4H3. The molecule has 0 amide bonds. The predicted molar refractivity (Wildman–Crippen MR) is 82.5 cm³/mol. The molecule has 0 radical (unpaired) electrons. The number of likely N-dealkylation sites (N-methyl/N-ethyl adjacent to an activating group) is 1. The highest BCUT2D eigenvalue weighted by molar-refractivity contribution is 4.94. The molecule has 1 aliphatic carbocycles. The molecule has 4 unspecified atom stereocenters. The van der Waals surface area contributed by atoms with Crippen molar-refractivity contribution >= 4 is 0 Å². The fraction of sp³-hybridized carbons (Fsp3) is 1.00. The first-order valence-corrected chi connectivity index (χ1v) is 8.29. The Morgan fingerprint density at radius 1 is 1.16 bits per heavy atom. The summed E-state index contributed by atoms with van der Waals surface area (Å²) in [6.45, 7) is 12.0. The summed E-state index contributed by atoms with van der Waals surface area (Å²) in [6, 6.07) is 2.20. The topological polar surface area (TPSA) is 18.5 Å². The van der Waals surface area contributed by atoms with Crippen LogP contribution in [0.5, 0.6) is 0 Å². The molecule has 0 bridgehead atoms. The van der Waals surface area contributed by atoms with Gasteiger partial charge in [0.1, 0.15) is 0 Å². The van der Waals surface area contributed by atoms with Crippen molar-refractivity contribution in [2.75, 3.05) is 33.2 Å². The van der Waals surface area contributed by atoms with Crippen molar-refractivity contribution in [3.05, 3.63) is 0 Å². The Morgan fingerprint density at radius 2 is 1.95 bits per heavy atom. The molecule has 0 aromatic heterocycles. The average Bonchev–Trinajstić information content (AvgIpc) is 2.37. The fourth-order valence-electron chi connectivity index (χ4n) is 3.93. The minimum atomic E-state index is 0.708. The van der Waals surface area contributed by atoms with Crippen LogP contribution in [-0.4, -0.2) is 61.2 Å². The molecule has 1 N–H and O–H groups in total. The third kappa shape index (κ3) is 3.93. The second kappa shape index (κ2) is 7.05. The van der Waals surface area contributed by atoms with Gasteiger partial charge >= 0.3 is 0 Å². The number of rotatable bonds is 4. The van der Waals surface area contributed by atoms with Gasteiger partial charge in [0.05, 0.1) is 0 Å². The Balaban J connectivity index is 1.99. The Hall–Kier alpha value is -0.120. The van der Waals surface area contributed by atoms with Crippen molar-refractivity contribution in [1.29, 1.82) is 0 Å². The average molecular weight is 267 g/mol. The predicted octanol–water partition coefficient (Wildman–Crippen LogP) is 2.18. The summed E-state index contributed by atoms with van der Waals surface area (Å²) >= 11 is 0. The van der Waals surface area contributed by atoms with E-state index < -0.39 is 0 Å². The molecule has 0 spiro atoms. The van der Waals surface area contributed by atoms with Crippen LogP contribution in [0, 0.1) is 5.92 Å². The third-order valence-electron chi connectivity index (χ3n) is 5.04. The van der Waals surface area contributed by atoms with Crippen LogP contribution < -0.4 is 5.32 Å². The molecule has 1 saturated heterocycles. The molecule has 1 heterocycles. The van der Waals surface area contributed by atoms with Crippen LogP contribution in [0.15, 0.2) is 0 Å². The molecular weight excluding hydrogens is 234 g/mol. The van der Waals surface area contributed by atoms with E-state index in [1.807, 2.05) is 0 Å². The maximum absolute atomic E-state index is 3.82. The Kier molecular flexibility index (Phi) is 5.67. The van der Waals surface area contributed by atoms with Gasteiger partial charge in [-0.05, 0) is 52.1 Å². The zero-order valence-corrected chi connectivity index (χ0v) is 13.4. The molecule has 19 heavy (non-hydrogen) atoms. The zero-order chi connectivity index (χ0) is 13.8. The lowest BCUT2D eigenvalue weighted by Crippen LogP contribution is -2.61. The second-order valence-electron chi connectivity index (χ2n) is 6.90. The Morgan fingerprint density at radius 3 is 2.63 bits per heavy atom. The minimum Gasteiger partial charge on any atom is -0.312 e. The Labute approximate surface area is 119 Å². The van der Waals surface area contributed by atoms with E-state index in [0.29, 0.717) is 6.04 Å². The van der Waals surface area contributed by atoms with E-state index in [-0.39, 0.29) is 0 Å². The van der Waals surface area contributed by atoms with Crippen LogP contribution >= 0.6 is 0 Å². The first-order chi connectivity index (χ1) is 9.11. The van der Waals surface area contributed by atoms with Crippen molar-refractivity contribution in [1.82, 2.24) is 15.1 Å². The van der Waals surface area contributed by atoms with Gasteiger partial charge in [-0.1, -0.05) is 13.8 Å². The maximum Gasteiger partial charge on any atom is 0.0255 e. The number of hydrogen-bond donors (Lipinski definition) is 1. The highest BCUT2D eigenvalue weighted by atomic mass is 15.3. The first kappa shape index (κ1) is 15.3. The molecule has 2 rings (SSSR count). The summed E-state index contributed by atoms with van der Waals surface area (Å²) in [4.78, 5) is 5.27. The molecule has 3 nitrogen and oxygen atoms in total. The SMILES string of the molecule is CCCNC1CCC(C)CC1N1CCN(C)CC1C. The van der Waals surface area contributed by atoms with Crippen molar-refractivity contribution < 1.29 is 0 Å². The van der Waals surface area contributed by atoms with Gasteiger partial charge in [0, 0.05) is 37.8 Å². The van der Waals surface area contributed by atoms with Crippen LogP contribution in [0.4, 0.5) is 0 Å². The molecule has 1 aliphatic heterocycles. The lowest BCUT2D eigenvalue weighted by molar-refractivity contribution is 0.0206. The zero-order valence-electron chi connectivity index (χ0n) is 13.4. The summed E-state index contributed by atoms with van der Waals surface area (Å²) in [5.74, 6) is 0.900. The molecule has 2 aliphatic rings. The van der Waals surface area contributed by atoms with Crippen molar-refractivity contribution in [3.63, 3.8) is 0 Å². The summed E-state index contributed by atoms with van der Waals surface area (Å²) in [5, 5.41) is 3.82. The second-order valence-corrected chi connectivity index (χ2v) is 6.90. The highest BCUT2D eigenvalue weighted by Gasteiger charge is 2.36. The molecule has 112 valence electrons. The van der Waals surface area contributed by atoms with Crippen molar-refractivity contribution in [3.8, 4) is 0 Å². The molecular formula is C16H33N3. The number of nitrogens with one attached hydrogen (secondary N) is 1. The molecule has 0 aromatic rings. The van der Waals surface area contributed by atoms with Crippen LogP contribution in [0.2, 0.25) is 0 Å². The largest absolute Gasteiger partial charge is 0.312 e. The quantitative estimate of drug-likeness (QED) is 0.842. The third-order valence-corrected chi connectivity index (χ3v) is 5.04. The normalized spacial score (nSPS) is 38.5. The Bertz CT molecular complexity index is 267. The molecule has 2 fully saturated rings. The van der Waals surface area contributed by atoms with Crippen molar-refractivity contribution in [2.45, 2.75) is 64.6 Å². The fourth-order valence-corrected chi connectivity index (χ4v) is 3.93. The van der Waals surface area contributed by atoms with Gasteiger partial charge in [0.25, 0.3) is 0 Å². The lowest BCUT2D eigenvalue weighted by Gasteiger charge is -2.48. The number of piperazine rings is 1. The lowest BCUT2D eigenvalue weighted by atomic mass is 9.81. The van der Waals surface area contributed by atoms with Crippen LogP contribution in [-0.2, 0) is 0 Å². The summed E-state index contributed by atoms with van der Waals surface area (Å²) in [7, 11) is 2.25. The van der Waals surface area contributed by atoms with E-state index in [1.165, 1.54) is 51.9 Å². The van der Waals surface area contributed by atoms with Crippen LogP contribution in [0.25, 0.3) is 0 Å². The summed E-state index contributed by atoms with van der Waals surface area (Å²) < 4.78 is 0. The summed E-state index contributed by atoms with van der Waals surface area (Å²) in [5.41, 5.74) is 0. The van der Waals surface area contributed by atoms with E-state index in [4.69, 9.17) is 0 Å². The van der Waals surface area contributed by atoms with Crippen molar-refractivity contribution in [2.24, 2.45) is 5.92 Å². The van der Waals surface area contributed by atoms with Gasteiger partial charge in [-0.15, -0.1) is 0 Å². The molecule has 3 heteroatoms. The number of nitrogens with zero attached hydrogens (tertiary/aromatic N) is 2. The van der Waals surface area contributed by atoms with E-state index >= 15 is 0 Å². The van der Waals surface area contributed by atoms with Gasteiger partial charge in [0.15, 0.2) is 0 Å². The van der Waals surface area contributed by atoms with Gasteiger partial charge in [-0.3, -0.25) is 4.90 Å². The van der Waals surface area contributed by atoms with Gasteiger partial charge < -0.3 is 10.2 Å². The van der Waals surface area contributed by atoms with E-state index in [0.717, 1.165) is 18.0 Å². The molecule has 4 atom stereocenters. The first-order valence-electron chi connectivity index (χ1n) is 8.29. The number of hydrogen-bond acceptors (Lipinski definition) is 3. The van der Waals surface area contributed by atoms with Gasteiger partial charge in [0.2, 0.25) is 0 Å². The van der Waals surface area contributed by atoms with Gasteiger partial charge in [-0.25, -0.2) is 0 Å². The summed E-state index contributed by atoms with van der Waals surface area (Å²) in [6.07, 6.45) is 5.40. The maximum atomic E-state index is 3.82. The molecule has 0 aromatic carbocycles. The van der Waals surface area contributed by atoms with Crippen LogP contribution in [0.1, 0.15) is 46.5 Å². The monoisotopic (exact) mass is 267 g/mol. The highest BCUT2D eigenvalue weighted by Crippen LogP contribution is 2.30. The minimum absolute atomic E-state index is 0.708. The van der Waals surface area contributed by atoms with E-state index in [1.54, 1.807) is 0 Å². The van der Waals surface area contributed by atoms with Crippen LogP contribution in [0.3, 0.4) is 0 Å². The van der Waals surface area contributed by atoms with Gasteiger partial charge in [-0.2, -0.15) is 0 Å². The van der Waals surface area contributed by atoms with E-state index in [2.05, 4.69) is 42.9 Å². The molecule has 1 saturated carbocycles. The van der Waals surface area contributed by atoms with E-state index in [9.17, 15) is 0 Å².